The molecule has 5 heteroatoms. The minimum absolute atomic E-state index is 0.178. The number of hydrogen-bond donors (Lipinski definition) is 1. The van der Waals surface area contributed by atoms with Gasteiger partial charge in [-0.25, -0.2) is 4.90 Å². The van der Waals surface area contributed by atoms with Gasteiger partial charge in [-0.2, -0.15) is 0 Å². The number of imide groups is 1. The van der Waals surface area contributed by atoms with Crippen LogP contribution in [-0.2, 0) is 9.59 Å². The Bertz CT molecular complexity index is 483. The fraction of sp³-hybridized carbons (Fsp3) is 0.333. The molecule has 1 heterocycles. The Kier molecular flexibility index (Phi) is 3.11. The molecule has 1 aromatic carbocycles. The number of amides is 2. The quantitative estimate of drug-likeness (QED) is 0.770. The van der Waals surface area contributed by atoms with Crippen LogP contribution in [0.15, 0.2) is 12.1 Å². The summed E-state index contributed by atoms with van der Waals surface area (Å²) in [4.78, 5) is 24.8. The summed E-state index contributed by atoms with van der Waals surface area (Å²) in [5.41, 5.74) is 1.96. The molecule has 0 saturated carbocycles. The van der Waals surface area contributed by atoms with E-state index in [-0.39, 0.29) is 17.6 Å². The minimum Gasteiger partial charge on any atom is -0.508 e. The van der Waals surface area contributed by atoms with Gasteiger partial charge >= 0.3 is 0 Å². The van der Waals surface area contributed by atoms with Crippen LogP contribution < -0.4 is 4.90 Å². The lowest BCUT2D eigenvalue weighted by Crippen LogP contribution is -2.43. The Morgan fingerprint density at radius 2 is 1.71 bits per heavy atom. The second-order valence-electron chi connectivity index (χ2n) is 4.04. The Morgan fingerprint density at radius 3 is 2.29 bits per heavy atom. The van der Waals surface area contributed by atoms with Crippen molar-refractivity contribution in [2.24, 2.45) is 0 Å². The van der Waals surface area contributed by atoms with Gasteiger partial charge in [0.05, 0.1) is 17.2 Å². The molecule has 1 N–H and O–H groups in total. The van der Waals surface area contributed by atoms with Crippen molar-refractivity contribution in [2.75, 3.05) is 16.4 Å². The second kappa shape index (κ2) is 4.41. The van der Waals surface area contributed by atoms with E-state index in [1.807, 2.05) is 0 Å². The maximum absolute atomic E-state index is 11.8. The highest BCUT2D eigenvalue weighted by atomic mass is 32.2. The first-order valence-corrected chi connectivity index (χ1v) is 6.40. The third-order valence-electron chi connectivity index (χ3n) is 2.71. The monoisotopic (exact) mass is 251 g/mol. The molecule has 17 heavy (non-hydrogen) atoms. The molecule has 0 aliphatic carbocycles. The Balaban J connectivity index is 2.48. The summed E-state index contributed by atoms with van der Waals surface area (Å²) in [6.45, 7) is 3.52. The zero-order valence-corrected chi connectivity index (χ0v) is 10.5. The maximum Gasteiger partial charge on any atom is 0.243 e. The molecule has 1 aliphatic rings. The van der Waals surface area contributed by atoms with E-state index in [9.17, 15) is 14.7 Å². The number of rotatable bonds is 1. The molecule has 0 bridgehead atoms. The summed E-state index contributed by atoms with van der Waals surface area (Å²) >= 11 is 1.33. The largest absolute Gasteiger partial charge is 0.508 e. The van der Waals surface area contributed by atoms with Crippen LogP contribution in [0.1, 0.15) is 11.1 Å². The van der Waals surface area contributed by atoms with E-state index in [4.69, 9.17) is 0 Å². The number of nitrogens with zero attached hydrogens (tertiary/aromatic N) is 1. The molecule has 4 nitrogen and oxygen atoms in total. The fourth-order valence-electron chi connectivity index (χ4n) is 1.79. The molecule has 90 valence electrons. The first kappa shape index (κ1) is 12.0. The van der Waals surface area contributed by atoms with E-state index < -0.39 is 0 Å². The van der Waals surface area contributed by atoms with E-state index in [1.54, 1.807) is 26.0 Å². The molecule has 0 spiro atoms. The molecule has 0 unspecified atom stereocenters. The molecular weight excluding hydrogens is 238 g/mol. The molecular formula is C12H13NO3S. The number of aryl methyl sites for hydroxylation is 2. The van der Waals surface area contributed by atoms with E-state index >= 15 is 0 Å². The number of phenols is 1. The first-order chi connectivity index (χ1) is 8.00. The lowest BCUT2D eigenvalue weighted by molar-refractivity contribution is -0.124. The standard InChI is InChI=1S/C12H13NO3S/c1-7-4-10(14)8(2)3-9(7)13-11(15)5-17-6-12(13)16/h3-4,14H,5-6H2,1-2H3. The third-order valence-corrected chi connectivity index (χ3v) is 3.61. The van der Waals surface area contributed by atoms with Crippen molar-refractivity contribution >= 4 is 29.3 Å². The number of carbonyl (C=O) groups excluding carboxylic acids is 2. The highest BCUT2D eigenvalue weighted by Crippen LogP contribution is 2.30. The molecule has 1 aromatic rings. The van der Waals surface area contributed by atoms with Gasteiger partial charge in [0.25, 0.3) is 0 Å². The van der Waals surface area contributed by atoms with Crippen molar-refractivity contribution in [1.29, 1.82) is 0 Å². The highest BCUT2D eigenvalue weighted by molar-refractivity contribution is 8.00. The van der Waals surface area contributed by atoms with Crippen molar-refractivity contribution in [3.05, 3.63) is 23.3 Å². The van der Waals surface area contributed by atoms with E-state index in [2.05, 4.69) is 0 Å². The molecule has 1 aliphatic heterocycles. The Morgan fingerprint density at radius 1 is 1.12 bits per heavy atom. The molecule has 0 aromatic heterocycles. The fourth-order valence-corrected chi connectivity index (χ4v) is 2.50. The summed E-state index contributed by atoms with van der Waals surface area (Å²) < 4.78 is 0. The van der Waals surface area contributed by atoms with Gasteiger partial charge in [0, 0.05) is 0 Å². The molecule has 2 rings (SSSR count). The smallest absolute Gasteiger partial charge is 0.243 e. The average Bonchev–Trinajstić information content (AvgIpc) is 2.25. The number of benzene rings is 1. The van der Waals surface area contributed by atoms with Gasteiger partial charge in [0.1, 0.15) is 5.75 Å². The lowest BCUT2D eigenvalue weighted by atomic mass is 10.1. The number of hydrogen-bond acceptors (Lipinski definition) is 4. The summed E-state index contributed by atoms with van der Waals surface area (Å²) in [5.74, 6) is 0.437. The number of carbonyl (C=O) groups is 2. The number of thioether (sulfide) groups is 1. The molecule has 0 atom stereocenters. The molecule has 1 saturated heterocycles. The van der Waals surface area contributed by atoms with Gasteiger partial charge in [-0.3, -0.25) is 9.59 Å². The molecule has 0 radical (unpaired) electrons. The number of aromatic hydroxyl groups is 1. The summed E-state index contributed by atoms with van der Waals surface area (Å²) in [7, 11) is 0. The average molecular weight is 251 g/mol. The van der Waals surface area contributed by atoms with Crippen LogP contribution in [0.25, 0.3) is 0 Å². The summed E-state index contributed by atoms with van der Waals surface area (Å²) in [5, 5.41) is 9.56. The predicted octanol–water partition coefficient (Wildman–Crippen LogP) is 1.62. The van der Waals surface area contributed by atoms with Gasteiger partial charge in [-0.05, 0) is 37.1 Å². The second-order valence-corrected chi connectivity index (χ2v) is 5.03. The molecule has 1 fully saturated rings. The van der Waals surface area contributed by atoms with Gasteiger partial charge in [-0.15, -0.1) is 11.8 Å². The lowest BCUT2D eigenvalue weighted by Gasteiger charge is -2.26. The van der Waals surface area contributed by atoms with Crippen LogP contribution in [0, 0.1) is 13.8 Å². The van der Waals surface area contributed by atoms with Crippen LogP contribution in [0.3, 0.4) is 0 Å². The normalized spacial score (nSPS) is 16.5. The van der Waals surface area contributed by atoms with E-state index in [0.29, 0.717) is 22.8 Å². The van der Waals surface area contributed by atoms with Crippen molar-refractivity contribution in [3.8, 4) is 5.75 Å². The zero-order chi connectivity index (χ0) is 12.6. The predicted molar refractivity (Wildman–Crippen MR) is 67.4 cm³/mol. The van der Waals surface area contributed by atoms with Gasteiger partial charge in [-0.1, -0.05) is 0 Å². The van der Waals surface area contributed by atoms with Crippen molar-refractivity contribution < 1.29 is 14.7 Å². The molecule has 2 amide bonds. The number of anilines is 1. The zero-order valence-electron chi connectivity index (χ0n) is 9.69. The first-order valence-electron chi connectivity index (χ1n) is 5.24. The van der Waals surface area contributed by atoms with Crippen molar-refractivity contribution in [3.63, 3.8) is 0 Å². The van der Waals surface area contributed by atoms with Crippen molar-refractivity contribution in [2.45, 2.75) is 13.8 Å². The van der Waals surface area contributed by atoms with E-state index in [0.717, 1.165) is 5.56 Å². The number of phenolic OH excluding ortho intramolecular Hbond substituents is 1. The topological polar surface area (TPSA) is 57.6 Å². The highest BCUT2D eigenvalue weighted by Gasteiger charge is 2.29. The SMILES string of the molecule is Cc1cc(N2C(=O)CSCC2=O)c(C)cc1O. The third kappa shape index (κ3) is 2.15. The van der Waals surface area contributed by atoms with Gasteiger partial charge < -0.3 is 5.11 Å². The van der Waals surface area contributed by atoms with Crippen LogP contribution in [0.5, 0.6) is 5.75 Å². The van der Waals surface area contributed by atoms with Crippen LogP contribution in [0.2, 0.25) is 0 Å². The van der Waals surface area contributed by atoms with Crippen LogP contribution >= 0.6 is 11.8 Å². The van der Waals surface area contributed by atoms with Crippen molar-refractivity contribution in [1.82, 2.24) is 0 Å². The van der Waals surface area contributed by atoms with Crippen LogP contribution in [0.4, 0.5) is 5.69 Å². The summed E-state index contributed by atoms with van der Waals surface area (Å²) in [6, 6.07) is 3.25. The van der Waals surface area contributed by atoms with E-state index in [1.165, 1.54) is 16.7 Å². The Hall–Kier alpha value is -1.49. The van der Waals surface area contributed by atoms with Gasteiger partial charge in [0.2, 0.25) is 11.8 Å². The van der Waals surface area contributed by atoms with Crippen LogP contribution in [-0.4, -0.2) is 28.4 Å². The van der Waals surface area contributed by atoms with Gasteiger partial charge in [0.15, 0.2) is 0 Å². The Labute approximate surface area is 104 Å². The maximum atomic E-state index is 11.8. The minimum atomic E-state index is -0.195. The summed E-state index contributed by atoms with van der Waals surface area (Å²) in [6.07, 6.45) is 0.